The van der Waals surface area contributed by atoms with Crippen LogP contribution < -0.4 is 21.3 Å². The fourth-order valence-electron chi connectivity index (χ4n) is 8.94. The second-order valence-electron chi connectivity index (χ2n) is 16.9. The van der Waals surface area contributed by atoms with Gasteiger partial charge in [-0.1, -0.05) is 24.0 Å². The number of aromatic nitrogens is 2. The molecule has 0 aliphatic carbocycles. The molecule has 6 heterocycles. The molecule has 3 atom stereocenters. The molecule has 2 aromatic heterocycles. The Morgan fingerprint density at radius 1 is 0.913 bits per heavy atom. The van der Waals surface area contributed by atoms with E-state index in [1.165, 1.54) is 34.7 Å². The van der Waals surface area contributed by atoms with Crippen LogP contribution in [0, 0.1) is 17.7 Å². The molecule has 18 nitrogen and oxygen atoms in total. The number of fused-ring (bicyclic) bond motifs is 2. The van der Waals surface area contributed by atoms with Crippen molar-refractivity contribution in [2.45, 2.75) is 69.4 Å². The molecular formula is C49H44FN9O9S. The first-order chi connectivity index (χ1) is 33.3. The van der Waals surface area contributed by atoms with Gasteiger partial charge in [-0.3, -0.25) is 59.4 Å². The highest BCUT2D eigenvalue weighted by molar-refractivity contribution is 7.13. The summed E-state index contributed by atoms with van der Waals surface area (Å²) in [5, 5.41) is 34.8. The number of imide groups is 2. The van der Waals surface area contributed by atoms with Crippen LogP contribution in [0.3, 0.4) is 0 Å². The third kappa shape index (κ3) is 9.78. The Labute approximate surface area is 397 Å². The Bertz CT molecular complexity index is 2950. The normalized spacial score (nSPS) is 17.7. The first-order valence-electron chi connectivity index (χ1n) is 22.2. The molecule has 20 heteroatoms. The number of aliphatic hydroxyl groups is 1. The second-order valence-corrected chi connectivity index (χ2v) is 17.8. The number of carbonyl (C=O) groups excluding carboxylic acids is 7. The van der Waals surface area contributed by atoms with Gasteiger partial charge in [-0.2, -0.15) is 0 Å². The van der Waals surface area contributed by atoms with Gasteiger partial charge in [-0.25, -0.2) is 9.37 Å². The smallest absolute Gasteiger partial charge is 0.264 e. The molecule has 3 aromatic carbocycles. The van der Waals surface area contributed by atoms with E-state index in [4.69, 9.17) is 0 Å². The number of phenols is 1. The van der Waals surface area contributed by atoms with Gasteiger partial charge in [0.25, 0.3) is 23.6 Å². The van der Waals surface area contributed by atoms with Gasteiger partial charge < -0.3 is 25.3 Å². The number of rotatable bonds is 13. The number of nitrogens with zero attached hydrogens (tertiary/aromatic N) is 5. The number of pyridine rings is 1. The lowest BCUT2D eigenvalue weighted by Crippen LogP contribution is -2.54. The molecule has 0 radical (unpaired) electrons. The number of halogens is 1. The number of phenolic OH excluding ortho intramolecular Hbond substituents is 1. The zero-order valence-electron chi connectivity index (χ0n) is 36.7. The van der Waals surface area contributed by atoms with Crippen LogP contribution in [0.4, 0.5) is 15.2 Å². The lowest BCUT2D eigenvalue weighted by molar-refractivity contribution is -0.136. The van der Waals surface area contributed by atoms with E-state index in [0.717, 1.165) is 23.1 Å². The summed E-state index contributed by atoms with van der Waals surface area (Å²) in [6.07, 6.45) is 3.97. The number of benzene rings is 3. The molecule has 2 saturated heterocycles. The molecule has 6 N–H and O–H groups in total. The van der Waals surface area contributed by atoms with Gasteiger partial charge in [0, 0.05) is 90.8 Å². The standard InChI is InChI=1S/C49H44FN9O9S/c50-30-11-14-38(60)34(24-30)42(45(65)56-49-52-19-22-69-49)58-26-29-10-8-27(23-33(29)46(58)66)6-7-28-9-12-36(53-25-28)43(63)54-31-16-20-57(21-17-31)40(62)5-2-18-51-35-4-1-3-32-41(35)48(68)59(47(32)67)37-13-15-39(61)55-44(37)64/h1,3-4,8-12,14,19,22-25,31,37,42-43,51,54,60,63H,2,5,13,15-18,20-21,26H2,(H,52,56,65)(H,55,61,64). The number of nitrogens with one attached hydrogen (secondary N) is 4. The zero-order chi connectivity index (χ0) is 48.3. The van der Waals surface area contributed by atoms with Crippen molar-refractivity contribution in [2.75, 3.05) is 30.3 Å². The molecule has 5 aromatic rings. The maximum atomic E-state index is 14.4. The molecule has 7 amide bonds. The molecule has 0 bridgehead atoms. The topological polar surface area (TPSA) is 244 Å². The maximum Gasteiger partial charge on any atom is 0.264 e. The lowest BCUT2D eigenvalue weighted by atomic mass is 10.0. The van der Waals surface area contributed by atoms with E-state index in [1.807, 2.05) is 0 Å². The third-order valence-electron chi connectivity index (χ3n) is 12.5. The fraction of sp³-hybridized carbons (Fsp3) is 0.286. The summed E-state index contributed by atoms with van der Waals surface area (Å²) in [5.41, 5.74) is 3.07. The molecule has 0 saturated carbocycles. The Hall–Kier alpha value is -7.86. The van der Waals surface area contributed by atoms with Gasteiger partial charge in [0.15, 0.2) is 5.13 Å². The molecule has 9 rings (SSSR count). The largest absolute Gasteiger partial charge is 0.508 e. The number of aliphatic hydroxyl groups excluding tert-OH is 1. The predicted octanol–water partition coefficient (Wildman–Crippen LogP) is 3.98. The van der Waals surface area contributed by atoms with Gasteiger partial charge in [-0.05, 0) is 85.8 Å². The second kappa shape index (κ2) is 19.8. The highest BCUT2D eigenvalue weighted by atomic mass is 32.1. The van der Waals surface area contributed by atoms with Crippen LogP contribution in [0.25, 0.3) is 0 Å². The highest BCUT2D eigenvalue weighted by Gasteiger charge is 2.46. The summed E-state index contributed by atoms with van der Waals surface area (Å²) in [7, 11) is 0. The van der Waals surface area contributed by atoms with Crippen molar-refractivity contribution in [1.29, 1.82) is 0 Å². The van der Waals surface area contributed by atoms with E-state index in [-0.39, 0.29) is 65.3 Å². The first kappa shape index (κ1) is 46.3. The van der Waals surface area contributed by atoms with E-state index in [0.29, 0.717) is 72.5 Å². The number of amides is 7. The minimum absolute atomic E-state index is 0.0261. The van der Waals surface area contributed by atoms with Crippen molar-refractivity contribution >= 4 is 63.5 Å². The minimum Gasteiger partial charge on any atom is -0.508 e. The van der Waals surface area contributed by atoms with Gasteiger partial charge in [0.05, 0.1) is 16.8 Å². The summed E-state index contributed by atoms with van der Waals surface area (Å²) < 4.78 is 14.4. The van der Waals surface area contributed by atoms with Crippen LogP contribution >= 0.6 is 11.3 Å². The molecular weight excluding hydrogens is 910 g/mol. The molecule has 352 valence electrons. The molecule has 2 fully saturated rings. The number of aromatic hydroxyl groups is 1. The van der Waals surface area contributed by atoms with Crippen LogP contribution in [0.1, 0.15) is 110 Å². The van der Waals surface area contributed by atoms with Crippen LogP contribution in [-0.4, -0.2) is 108 Å². The average Bonchev–Trinajstić information content (AvgIpc) is 4.04. The summed E-state index contributed by atoms with van der Waals surface area (Å²) in [4.78, 5) is 104. The first-order valence-corrected chi connectivity index (χ1v) is 23.1. The van der Waals surface area contributed by atoms with E-state index in [9.17, 15) is 48.2 Å². The number of likely N-dealkylation sites (tertiary alicyclic amines) is 1. The third-order valence-corrected chi connectivity index (χ3v) is 13.1. The molecule has 4 aliphatic heterocycles. The number of piperidine rings is 2. The number of carbonyl (C=O) groups is 7. The SMILES string of the molecule is O=C1CCC(N2C(=O)c3cccc(NCCCC(=O)N4CCC(NC(O)c5ccc(C#Cc6ccc7c(c6)C(=O)N(C(C(=O)Nc6nccs6)c6cc(F)ccc6O)C7)cn5)CC4)c3C2=O)C(=O)N1. The molecule has 4 aliphatic rings. The van der Waals surface area contributed by atoms with Crippen LogP contribution in [-0.2, 0) is 25.7 Å². The number of hydrogen-bond donors (Lipinski definition) is 6. The highest BCUT2D eigenvalue weighted by Crippen LogP contribution is 2.37. The quantitative estimate of drug-likeness (QED) is 0.0424. The number of thiazole rings is 1. The van der Waals surface area contributed by atoms with Gasteiger partial charge in [0.1, 0.15) is 29.9 Å². The van der Waals surface area contributed by atoms with Crippen LogP contribution in [0.5, 0.6) is 5.75 Å². The zero-order valence-corrected chi connectivity index (χ0v) is 37.6. The van der Waals surface area contributed by atoms with E-state index in [2.05, 4.69) is 43.1 Å². The van der Waals surface area contributed by atoms with Crippen LogP contribution in [0.15, 0.2) is 84.5 Å². The van der Waals surface area contributed by atoms with Crippen molar-refractivity contribution < 1.29 is 48.2 Å². The van der Waals surface area contributed by atoms with Crippen molar-refractivity contribution in [3.63, 3.8) is 0 Å². The fourth-order valence-corrected chi connectivity index (χ4v) is 9.47. The lowest BCUT2D eigenvalue weighted by Gasteiger charge is -2.33. The van der Waals surface area contributed by atoms with E-state index in [1.54, 1.807) is 52.7 Å². The van der Waals surface area contributed by atoms with Crippen molar-refractivity contribution in [3.8, 4) is 17.6 Å². The Balaban J connectivity index is 0.738. The Morgan fingerprint density at radius 2 is 1.71 bits per heavy atom. The summed E-state index contributed by atoms with van der Waals surface area (Å²) >= 11 is 1.17. The van der Waals surface area contributed by atoms with Gasteiger partial charge in [0.2, 0.25) is 17.7 Å². The average molecular weight is 954 g/mol. The Morgan fingerprint density at radius 3 is 2.46 bits per heavy atom. The number of anilines is 2. The maximum absolute atomic E-state index is 14.4. The summed E-state index contributed by atoms with van der Waals surface area (Å²) in [6, 6.07) is 14.0. The number of hydrogen-bond acceptors (Lipinski definition) is 14. The van der Waals surface area contributed by atoms with E-state index < -0.39 is 59.6 Å². The monoisotopic (exact) mass is 953 g/mol. The van der Waals surface area contributed by atoms with Gasteiger partial charge in [-0.15, -0.1) is 11.3 Å². The molecule has 0 spiro atoms. The Kier molecular flexibility index (Phi) is 13.3. The molecule has 69 heavy (non-hydrogen) atoms. The van der Waals surface area contributed by atoms with Crippen molar-refractivity contribution in [2.24, 2.45) is 0 Å². The van der Waals surface area contributed by atoms with E-state index >= 15 is 0 Å². The molecule has 3 unspecified atom stereocenters. The summed E-state index contributed by atoms with van der Waals surface area (Å²) in [5.74, 6) is 1.52. The minimum atomic E-state index is -1.36. The predicted molar refractivity (Wildman–Crippen MR) is 247 cm³/mol. The van der Waals surface area contributed by atoms with Crippen LogP contribution in [0.2, 0.25) is 0 Å². The van der Waals surface area contributed by atoms with Crippen molar-refractivity contribution in [3.05, 3.63) is 135 Å². The summed E-state index contributed by atoms with van der Waals surface area (Å²) in [6.45, 7) is 1.36. The van der Waals surface area contributed by atoms with Crippen molar-refractivity contribution in [1.82, 2.24) is 35.3 Å². The van der Waals surface area contributed by atoms with Gasteiger partial charge >= 0.3 is 0 Å².